The molecule has 0 spiro atoms. The Morgan fingerprint density at radius 2 is 1.95 bits per heavy atom. The van der Waals surface area contributed by atoms with Crippen molar-refractivity contribution in [2.45, 2.75) is 26.7 Å². The third kappa shape index (κ3) is 6.04. The van der Waals surface area contributed by atoms with Crippen LogP contribution in [-0.2, 0) is 0 Å². The number of para-hydroxylation sites is 1. The molecule has 5 heteroatoms. The molecule has 0 aliphatic rings. The van der Waals surface area contributed by atoms with Crippen LogP contribution in [0, 0.1) is 5.41 Å². The molecular weight excluding hydrogens is 264 g/mol. The Labute approximate surface area is 127 Å². The summed E-state index contributed by atoms with van der Waals surface area (Å²) in [7, 11) is 2.11. The van der Waals surface area contributed by atoms with E-state index in [0.29, 0.717) is 0 Å². The summed E-state index contributed by atoms with van der Waals surface area (Å²) in [4.78, 5) is 2.25. The maximum absolute atomic E-state index is 8.72. The van der Waals surface area contributed by atoms with E-state index in [2.05, 4.69) is 46.7 Å². The van der Waals surface area contributed by atoms with E-state index < -0.39 is 0 Å². The van der Waals surface area contributed by atoms with E-state index in [1.807, 2.05) is 19.9 Å². The van der Waals surface area contributed by atoms with E-state index in [1.165, 1.54) is 5.69 Å². The normalized spacial score (nSPS) is 12.4. The van der Waals surface area contributed by atoms with Crippen LogP contribution in [-0.4, -0.2) is 37.7 Å². The third-order valence-electron chi connectivity index (χ3n) is 3.77. The second kappa shape index (κ2) is 8.52. The first-order valence-corrected chi connectivity index (χ1v) is 7.42. The second-order valence-electron chi connectivity index (χ2n) is 5.98. The quantitative estimate of drug-likeness (QED) is 0.215. The molecule has 0 bridgehead atoms. The van der Waals surface area contributed by atoms with Crippen molar-refractivity contribution in [1.29, 1.82) is 0 Å². The highest BCUT2D eigenvalue weighted by Crippen LogP contribution is 2.19. The van der Waals surface area contributed by atoms with Crippen molar-refractivity contribution < 1.29 is 5.21 Å². The van der Waals surface area contributed by atoms with Crippen LogP contribution in [0.15, 0.2) is 35.5 Å². The third-order valence-corrected chi connectivity index (χ3v) is 3.77. The zero-order valence-corrected chi connectivity index (χ0v) is 13.3. The molecule has 4 N–H and O–H groups in total. The van der Waals surface area contributed by atoms with Gasteiger partial charge in [0, 0.05) is 24.7 Å². The van der Waals surface area contributed by atoms with Gasteiger partial charge in [0.25, 0.3) is 0 Å². The Bertz CT molecular complexity index is 431. The molecule has 0 unspecified atom stereocenters. The smallest absolute Gasteiger partial charge is 0.144 e. The summed E-state index contributed by atoms with van der Waals surface area (Å²) < 4.78 is 0. The van der Waals surface area contributed by atoms with Crippen LogP contribution >= 0.6 is 0 Å². The molecule has 1 rings (SSSR count). The molecule has 0 aliphatic heterocycles. The van der Waals surface area contributed by atoms with E-state index in [0.717, 1.165) is 32.5 Å². The molecule has 0 aliphatic carbocycles. The van der Waals surface area contributed by atoms with Gasteiger partial charge in [0.1, 0.15) is 5.84 Å². The highest BCUT2D eigenvalue weighted by molar-refractivity contribution is 5.85. The van der Waals surface area contributed by atoms with Crippen molar-refractivity contribution in [2.75, 3.05) is 31.6 Å². The zero-order valence-electron chi connectivity index (χ0n) is 13.3. The molecule has 0 saturated heterocycles. The Morgan fingerprint density at radius 1 is 1.29 bits per heavy atom. The van der Waals surface area contributed by atoms with Crippen LogP contribution in [0.3, 0.4) is 0 Å². The lowest BCUT2D eigenvalue weighted by molar-refractivity contribution is 0.305. The number of rotatable bonds is 9. The topological polar surface area (TPSA) is 73.9 Å². The summed E-state index contributed by atoms with van der Waals surface area (Å²) in [6.07, 6.45) is 1.92. The molecule has 21 heavy (non-hydrogen) atoms. The van der Waals surface area contributed by atoms with Crippen molar-refractivity contribution in [3.8, 4) is 0 Å². The Kier molecular flexibility index (Phi) is 7.02. The minimum absolute atomic E-state index is 0.275. The van der Waals surface area contributed by atoms with Gasteiger partial charge in [-0.1, -0.05) is 37.2 Å². The van der Waals surface area contributed by atoms with Crippen LogP contribution in [0.5, 0.6) is 0 Å². The molecule has 1 aromatic rings. The number of nitrogens with two attached hydrogens (primary N) is 1. The number of benzene rings is 1. The summed E-state index contributed by atoms with van der Waals surface area (Å²) in [5.41, 5.74) is 6.63. The van der Waals surface area contributed by atoms with Crippen molar-refractivity contribution in [3.63, 3.8) is 0 Å². The maximum Gasteiger partial charge on any atom is 0.144 e. The van der Waals surface area contributed by atoms with Crippen molar-refractivity contribution >= 4 is 11.5 Å². The zero-order chi connectivity index (χ0) is 15.7. The van der Waals surface area contributed by atoms with E-state index >= 15 is 0 Å². The first kappa shape index (κ1) is 17.3. The molecule has 0 aromatic heterocycles. The van der Waals surface area contributed by atoms with Gasteiger partial charge in [0.15, 0.2) is 0 Å². The first-order valence-electron chi connectivity index (χ1n) is 7.42. The fourth-order valence-electron chi connectivity index (χ4n) is 2.04. The van der Waals surface area contributed by atoms with Crippen LogP contribution < -0.4 is 16.0 Å². The molecule has 0 saturated carbocycles. The molecule has 0 atom stereocenters. The van der Waals surface area contributed by atoms with E-state index in [-0.39, 0.29) is 11.3 Å². The molecule has 0 radical (unpaired) electrons. The molecule has 5 nitrogen and oxygen atoms in total. The SMILES string of the molecule is CN(CCCNCCC(C)(C)C(N)=NO)c1ccccc1. The number of hydrogen-bond donors (Lipinski definition) is 3. The van der Waals surface area contributed by atoms with Crippen LogP contribution in [0.2, 0.25) is 0 Å². The number of nitrogens with zero attached hydrogens (tertiary/aromatic N) is 2. The minimum atomic E-state index is -0.275. The highest BCUT2D eigenvalue weighted by Gasteiger charge is 2.22. The van der Waals surface area contributed by atoms with E-state index in [4.69, 9.17) is 10.9 Å². The van der Waals surface area contributed by atoms with Gasteiger partial charge in [-0.15, -0.1) is 0 Å². The summed E-state index contributed by atoms with van der Waals surface area (Å²) in [5.74, 6) is 0.285. The van der Waals surface area contributed by atoms with Gasteiger partial charge in [0.2, 0.25) is 0 Å². The lowest BCUT2D eigenvalue weighted by Gasteiger charge is -2.23. The van der Waals surface area contributed by atoms with Gasteiger partial charge in [-0.05, 0) is 38.1 Å². The summed E-state index contributed by atoms with van der Waals surface area (Å²) in [6.45, 7) is 6.79. The Balaban J connectivity index is 2.15. The lowest BCUT2D eigenvalue weighted by atomic mass is 9.88. The van der Waals surface area contributed by atoms with Gasteiger partial charge in [0.05, 0.1) is 0 Å². The summed E-state index contributed by atoms with van der Waals surface area (Å²) in [6, 6.07) is 10.4. The van der Waals surface area contributed by atoms with Crippen LogP contribution in [0.4, 0.5) is 5.69 Å². The Morgan fingerprint density at radius 3 is 2.57 bits per heavy atom. The maximum atomic E-state index is 8.72. The average Bonchev–Trinajstić information content (AvgIpc) is 2.50. The van der Waals surface area contributed by atoms with Gasteiger partial charge in [-0.3, -0.25) is 0 Å². The van der Waals surface area contributed by atoms with Crippen LogP contribution in [0.25, 0.3) is 0 Å². The number of amidine groups is 1. The number of anilines is 1. The summed E-state index contributed by atoms with van der Waals surface area (Å²) >= 11 is 0. The average molecular weight is 292 g/mol. The molecule has 0 heterocycles. The molecule has 118 valence electrons. The molecular formula is C16H28N4O. The van der Waals surface area contributed by atoms with Gasteiger partial charge >= 0.3 is 0 Å². The predicted octanol–water partition coefficient (Wildman–Crippen LogP) is 2.27. The fraction of sp³-hybridized carbons (Fsp3) is 0.562. The predicted molar refractivity (Wildman–Crippen MR) is 89.0 cm³/mol. The largest absolute Gasteiger partial charge is 0.409 e. The van der Waals surface area contributed by atoms with Gasteiger partial charge < -0.3 is 21.2 Å². The molecule has 0 fully saturated rings. The fourth-order valence-corrected chi connectivity index (χ4v) is 2.04. The van der Waals surface area contributed by atoms with E-state index in [1.54, 1.807) is 0 Å². The number of hydrogen-bond acceptors (Lipinski definition) is 4. The van der Waals surface area contributed by atoms with Gasteiger partial charge in [-0.2, -0.15) is 0 Å². The minimum Gasteiger partial charge on any atom is -0.409 e. The van der Waals surface area contributed by atoms with Crippen molar-refractivity contribution in [1.82, 2.24) is 5.32 Å². The lowest BCUT2D eigenvalue weighted by Crippen LogP contribution is -2.35. The standard InChI is InChI=1S/C16H28N4O/c1-16(2,15(17)19-21)10-12-18-11-7-13-20(3)14-8-5-4-6-9-14/h4-6,8-9,18,21H,7,10-13H2,1-3H3,(H2,17,19). The second-order valence-corrected chi connectivity index (χ2v) is 5.98. The molecule has 1 aromatic carbocycles. The van der Waals surface area contributed by atoms with Crippen LogP contribution in [0.1, 0.15) is 26.7 Å². The number of nitrogens with one attached hydrogen (secondary N) is 1. The van der Waals surface area contributed by atoms with Crippen molar-refractivity contribution in [2.24, 2.45) is 16.3 Å². The summed E-state index contributed by atoms with van der Waals surface area (Å²) in [5, 5.41) is 15.2. The van der Waals surface area contributed by atoms with Crippen molar-refractivity contribution in [3.05, 3.63) is 30.3 Å². The van der Waals surface area contributed by atoms with Gasteiger partial charge in [-0.25, -0.2) is 0 Å². The molecule has 0 amide bonds. The number of oxime groups is 1. The highest BCUT2D eigenvalue weighted by atomic mass is 16.4. The van der Waals surface area contributed by atoms with E-state index in [9.17, 15) is 0 Å². The first-order chi connectivity index (χ1) is 9.97. The monoisotopic (exact) mass is 292 g/mol. The Hall–Kier alpha value is -1.75.